The van der Waals surface area contributed by atoms with Crippen molar-refractivity contribution in [1.29, 1.82) is 0 Å². The molecular formula is C26H29FN8O. The van der Waals surface area contributed by atoms with Crippen LogP contribution in [0.15, 0.2) is 42.7 Å². The average Bonchev–Trinajstić information content (AvgIpc) is 3.22. The summed E-state index contributed by atoms with van der Waals surface area (Å²) in [5.74, 6) is 0.629. The Bertz CT molecular complexity index is 1380. The van der Waals surface area contributed by atoms with Gasteiger partial charge in [0.15, 0.2) is 5.82 Å². The highest BCUT2D eigenvalue weighted by molar-refractivity contribution is 5.86. The molecule has 186 valence electrons. The molecule has 10 heteroatoms. The van der Waals surface area contributed by atoms with Crippen molar-refractivity contribution >= 4 is 29.1 Å². The highest BCUT2D eigenvalue weighted by Gasteiger charge is 2.17. The van der Waals surface area contributed by atoms with E-state index >= 15 is 0 Å². The van der Waals surface area contributed by atoms with Gasteiger partial charge >= 0.3 is 0 Å². The maximum Gasteiger partial charge on any atom is 0.229 e. The molecule has 0 unspecified atom stereocenters. The number of fused-ring (bicyclic) bond motifs is 1. The lowest BCUT2D eigenvalue weighted by molar-refractivity contribution is -0.119. The van der Waals surface area contributed by atoms with Crippen LogP contribution in [-0.4, -0.2) is 67.1 Å². The monoisotopic (exact) mass is 488 g/mol. The van der Waals surface area contributed by atoms with Crippen LogP contribution in [0.5, 0.6) is 0 Å². The van der Waals surface area contributed by atoms with Gasteiger partial charge < -0.3 is 10.2 Å². The molecule has 0 spiro atoms. The summed E-state index contributed by atoms with van der Waals surface area (Å²) in [5.41, 5.74) is 3.92. The van der Waals surface area contributed by atoms with E-state index in [9.17, 15) is 9.18 Å². The number of hydrogen-bond donors (Lipinski definition) is 1. The number of piperazine rings is 1. The number of carbonyl (C=O) groups is 1. The van der Waals surface area contributed by atoms with Gasteiger partial charge in [-0.3, -0.25) is 14.4 Å². The van der Waals surface area contributed by atoms with Crippen molar-refractivity contribution in [1.82, 2.24) is 34.5 Å². The van der Waals surface area contributed by atoms with Gasteiger partial charge in [0, 0.05) is 62.6 Å². The van der Waals surface area contributed by atoms with Gasteiger partial charge in [-0.2, -0.15) is 5.10 Å². The predicted molar refractivity (Wildman–Crippen MR) is 136 cm³/mol. The molecule has 5 rings (SSSR count). The Morgan fingerprint density at radius 3 is 2.58 bits per heavy atom. The Hall–Kier alpha value is -3.92. The average molecular weight is 489 g/mol. The molecule has 0 bridgehead atoms. The van der Waals surface area contributed by atoms with E-state index in [0.29, 0.717) is 11.4 Å². The van der Waals surface area contributed by atoms with E-state index in [1.807, 2.05) is 48.3 Å². The van der Waals surface area contributed by atoms with Crippen molar-refractivity contribution in [2.24, 2.45) is 7.05 Å². The van der Waals surface area contributed by atoms with Crippen molar-refractivity contribution in [3.05, 3.63) is 59.8 Å². The lowest BCUT2D eigenvalue weighted by atomic mass is 10.0. The van der Waals surface area contributed by atoms with Gasteiger partial charge in [-0.1, -0.05) is 26.0 Å². The van der Waals surface area contributed by atoms with Crippen molar-refractivity contribution in [2.75, 3.05) is 31.5 Å². The highest BCUT2D eigenvalue weighted by Crippen LogP contribution is 2.30. The van der Waals surface area contributed by atoms with E-state index in [2.05, 4.69) is 44.1 Å². The summed E-state index contributed by atoms with van der Waals surface area (Å²) >= 11 is 0. The molecule has 4 aromatic rings. The Morgan fingerprint density at radius 2 is 1.89 bits per heavy atom. The minimum Gasteiger partial charge on any atom is -0.343 e. The number of benzene rings is 1. The van der Waals surface area contributed by atoms with E-state index in [1.54, 1.807) is 4.90 Å². The Kier molecular flexibility index (Phi) is 6.60. The van der Waals surface area contributed by atoms with Crippen molar-refractivity contribution in [3.63, 3.8) is 0 Å². The lowest BCUT2D eigenvalue weighted by Crippen LogP contribution is -2.45. The van der Waals surface area contributed by atoms with E-state index in [1.165, 1.54) is 6.20 Å². The number of nitrogens with one attached hydrogen (secondary N) is 1. The minimum absolute atomic E-state index is 0.221. The number of aromatic nitrogens is 5. The molecule has 1 fully saturated rings. The number of hydrogen-bond acceptors (Lipinski definition) is 7. The Labute approximate surface area is 209 Å². The van der Waals surface area contributed by atoms with Crippen LogP contribution in [0.1, 0.15) is 31.0 Å². The van der Waals surface area contributed by atoms with Crippen molar-refractivity contribution in [2.45, 2.75) is 26.3 Å². The van der Waals surface area contributed by atoms with Gasteiger partial charge in [0.2, 0.25) is 12.4 Å². The molecular weight excluding hydrogens is 459 g/mol. The number of halogens is 1. The molecule has 4 heterocycles. The topological polar surface area (TPSA) is 92.1 Å². The number of amides is 1. The van der Waals surface area contributed by atoms with Crippen LogP contribution < -0.4 is 5.32 Å². The predicted octanol–water partition coefficient (Wildman–Crippen LogP) is 3.71. The smallest absolute Gasteiger partial charge is 0.229 e. The second-order valence-electron chi connectivity index (χ2n) is 9.38. The molecule has 1 amide bonds. The fourth-order valence-corrected chi connectivity index (χ4v) is 4.67. The third-order valence-electron chi connectivity index (χ3n) is 6.47. The molecule has 3 aromatic heterocycles. The van der Waals surface area contributed by atoms with Crippen LogP contribution >= 0.6 is 0 Å². The normalized spacial score (nSPS) is 14.5. The summed E-state index contributed by atoms with van der Waals surface area (Å²) in [7, 11) is 1.92. The third-order valence-corrected chi connectivity index (χ3v) is 6.47. The second kappa shape index (κ2) is 9.98. The first-order chi connectivity index (χ1) is 17.4. The minimum atomic E-state index is -0.493. The zero-order chi connectivity index (χ0) is 25.2. The van der Waals surface area contributed by atoms with Crippen LogP contribution in [0.25, 0.3) is 22.2 Å². The van der Waals surface area contributed by atoms with Gasteiger partial charge in [-0.25, -0.2) is 19.3 Å². The summed E-state index contributed by atoms with van der Waals surface area (Å²) in [6.07, 6.45) is 3.89. The number of carbonyl (C=O) groups excluding carboxylic acids is 1. The summed E-state index contributed by atoms with van der Waals surface area (Å²) in [6, 6.07) is 9.52. The van der Waals surface area contributed by atoms with Crippen molar-refractivity contribution in [3.8, 4) is 11.3 Å². The van der Waals surface area contributed by atoms with Gasteiger partial charge in [0.1, 0.15) is 11.5 Å². The van der Waals surface area contributed by atoms with E-state index in [-0.39, 0.29) is 17.6 Å². The summed E-state index contributed by atoms with van der Waals surface area (Å²) < 4.78 is 16.6. The summed E-state index contributed by atoms with van der Waals surface area (Å²) in [5, 5.41) is 8.64. The van der Waals surface area contributed by atoms with Crippen LogP contribution in [0, 0.1) is 5.82 Å². The number of aryl methyl sites for hydroxylation is 1. The number of rotatable bonds is 7. The van der Waals surface area contributed by atoms with E-state index < -0.39 is 5.82 Å². The van der Waals surface area contributed by atoms with Crippen LogP contribution in [0.2, 0.25) is 0 Å². The van der Waals surface area contributed by atoms with Crippen LogP contribution in [0.3, 0.4) is 0 Å². The highest BCUT2D eigenvalue weighted by atomic mass is 19.1. The van der Waals surface area contributed by atoms with Crippen molar-refractivity contribution < 1.29 is 9.18 Å². The zero-order valence-corrected chi connectivity index (χ0v) is 20.6. The lowest BCUT2D eigenvalue weighted by Gasteiger charge is -2.32. The molecule has 0 radical (unpaired) electrons. The Balaban J connectivity index is 1.32. The molecule has 1 aromatic carbocycles. The van der Waals surface area contributed by atoms with Gasteiger partial charge in [0.05, 0.1) is 11.7 Å². The van der Waals surface area contributed by atoms with Crippen LogP contribution in [-0.2, 0) is 18.4 Å². The van der Waals surface area contributed by atoms with E-state index in [0.717, 1.165) is 61.3 Å². The zero-order valence-electron chi connectivity index (χ0n) is 20.6. The first kappa shape index (κ1) is 23.8. The molecule has 1 N–H and O–H groups in total. The quantitative estimate of drug-likeness (QED) is 0.397. The fourth-order valence-electron chi connectivity index (χ4n) is 4.67. The molecule has 9 nitrogen and oxygen atoms in total. The maximum absolute atomic E-state index is 14.8. The van der Waals surface area contributed by atoms with Gasteiger partial charge in [0.25, 0.3) is 0 Å². The SMILES string of the molecule is CC(C)c1c2cc(-c3nc(Nc4ccc(CN5CCN(C=O)CC5)cn4)ncc3F)ccc2nn1C. The third kappa shape index (κ3) is 4.90. The first-order valence-electron chi connectivity index (χ1n) is 12.0. The number of pyridine rings is 1. The molecule has 0 atom stereocenters. The largest absolute Gasteiger partial charge is 0.343 e. The molecule has 36 heavy (non-hydrogen) atoms. The summed E-state index contributed by atoms with van der Waals surface area (Å²) in [4.78, 5) is 28.0. The fraction of sp³-hybridized carbons (Fsp3) is 0.346. The van der Waals surface area contributed by atoms with Crippen LogP contribution in [0.4, 0.5) is 16.2 Å². The maximum atomic E-state index is 14.8. The Morgan fingerprint density at radius 1 is 1.08 bits per heavy atom. The second-order valence-corrected chi connectivity index (χ2v) is 9.38. The molecule has 1 aliphatic rings. The number of anilines is 2. The molecule has 0 aliphatic carbocycles. The standard InChI is InChI=1S/C26H29FN8O/c1-17(2)25-20-12-19(5-6-22(20)32-33(25)3)24-21(27)14-29-26(31-24)30-23-7-4-18(13-28-23)15-34-8-10-35(16-36)11-9-34/h4-7,12-14,16-17H,8-11,15H2,1-3H3,(H,28,29,30,31). The molecule has 1 saturated heterocycles. The first-order valence-corrected chi connectivity index (χ1v) is 12.0. The number of nitrogens with zero attached hydrogens (tertiary/aromatic N) is 7. The molecule has 1 aliphatic heterocycles. The van der Waals surface area contributed by atoms with Gasteiger partial charge in [-0.05, 0) is 29.7 Å². The van der Waals surface area contributed by atoms with E-state index in [4.69, 9.17) is 0 Å². The van der Waals surface area contributed by atoms with Gasteiger partial charge in [-0.15, -0.1) is 0 Å². The summed E-state index contributed by atoms with van der Waals surface area (Å²) in [6.45, 7) is 8.17. The molecule has 0 saturated carbocycles.